The lowest BCUT2D eigenvalue weighted by molar-refractivity contribution is 0.0377. The maximum Gasteiger partial charge on any atom is 0.240 e. The van der Waals surface area contributed by atoms with Gasteiger partial charge >= 0.3 is 0 Å². The number of benzene rings is 1. The van der Waals surface area contributed by atoms with Gasteiger partial charge in [-0.3, -0.25) is 0 Å². The van der Waals surface area contributed by atoms with Gasteiger partial charge in [0.1, 0.15) is 0 Å². The van der Waals surface area contributed by atoms with Crippen molar-refractivity contribution < 1.29 is 13.5 Å². The summed E-state index contributed by atoms with van der Waals surface area (Å²) in [6.07, 6.45) is 1.02. The van der Waals surface area contributed by atoms with Gasteiger partial charge in [-0.25, -0.2) is 13.1 Å². The fourth-order valence-electron chi connectivity index (χ4n) is 1.57. The van der Waals surface area contributed by atoms with Crippen molar-refractivity contribution in [3.63, 3.8) is 0 Å². The molecule has 0 saturated heterocycles. The quantitative estimate of drug-likeness (QED) is 0.742. The lowest BCUT2D eigenvalue weighted by Crippen LogP contribution is -2.41. The van der Waals surface area contributed by atoms with Gasteiger partial charge in [-0.1, -0.05) is 41.9 Å². The molecule has 1 rings (SSSR count). The highest BCUT2D eigenvalue weighted by Crippen LogP contribution is 2.16. The lowest BCUT2D eigenvalue weighted by atomic mass is 9.98. The number of alkyl halides is 1. The summed E-state index contributed by atoms with van der Waals surface area (Å²) in [6.45, 7) is 3.70. The Morgan fingerprint density at radius 1 is 1.21 bits per heavy atom. The summed E-state index contributed by atoms with van der Waals surface area (Å²) in [5.74, 6) is 0. The van der Waals surface area contributed by atoms with E-state index in [4.69, 9.17) is 0 Å². The first-order chi connectivity index (χ1) is 8.87. The fraction of sp³-hybridized carbons (Fsp3) is 0.538. The molecule has 0 spiro atoms. The van der Waals surface area contributed by atoms with E-state index in [1.807, 2.05) is 13.8 Å². The minimum absolute atomic E-state index is 0.0303. The zero-order chi connectivity index (χ0) is 14.5. The van der Waals surface area contributed by atoms with Gasteiger partial charge in [-0.2, -0.15) is 0 Å². The van der Waals surface area contributed by atoms with E-state index < -0.39 is 15.6 Å². The fourth-order valence-corrected chi connectivity index (χ4v) is 3.06. The average molecular weight is 350 g/mol. The van der Waals surface area contributed by atoms with E-state index in [2.05, 4.69) is 20.7 Å². The summed E-state index contributed by atoms with van der Waals surface area (Å²) < 4.78 is 26.6. The Kier molecular flexibility index (Phi) is 5.98. The zero-order valence-corrected chi connectivity index (χ0v) is 13.6. The SMILES string of the molecule is CCC(O)(CC)CNS(=O)(=O)c1ccc(CBr)cc1. The topological polar surface area (TPSA) is 66.4 Å². The molecule has 2 N–H and O–H groups in total. The van der Waals surface area contributed by atoms with Crippen LogP contribution in [0.15, 0.2) is 29.2 Å². The second-order valence-electron chi connectivity index (χ2n) is 4.53. The number of nitrogens with one attached hydrogen (secondary N) is 1. The summed E-state index contributed by atoms with van der Waals surface area (Å²) in [7, 11) is -3.56. The standard InChI is InChI=1S/C13H20BrNO3S/c1-3-13(16,4-2)10-15-19(17,18)12-7-5-11(9-14)6-8-12/h5-8,15-16H,3-4,9-10H2,1-2H3. The Labute approximate surface area is 123 Å². The molecule has 19 heavy (non-hydrogen) atoms. The van der Waals surface area contributed by atoms with Crippen LogP contribution >= 0.6 is 15.9 Å². The van der Waals surface area contributed by atoms with Crippen LogP contribution in [-0.4, -0.2) is 25.7 Å². The maximum absolute atomic E-state index is 12.1. The van der Waals surface area contributed by atoms with Crippen molar-refractivity contribution in [3.05, 3.63) is 29.8 Å². The Hall–Kier alpha value is -0.430. The third kappa shape index (κ3) is 4.56. The highest BCUT2D eigenvalue weighted by atomic mass is 79.9. The molecular weight excluding hydrogens is 330 g/mol. The molecule has 0 unspecified atom stereocenters. The van der Waals surface area contributed by atoms with Crippen LogP contribution in [0.2, 0.25) is 0 Å². The Bertz CT molecular complexity index is 495. The third-order valence-corrected chi connectivity index (χ3v) is 5.36. The molecule has 0 saturated carbocycles. The van der Waals surface area contributed by atoms with Crippen LogP contribution in [0.3, 0.4) is 0 Å². The molecule has 6 heteroatoms. The van der Waals surface area contributed by atoms with Crippen LogP contribution in [0.1, 0.15) is 32.3 Å². The number of hydrogen-bond donors (Lipinski definition) is 2. The minimum Gasteiger partial charge on any atom is -0.389 e. The number of aliphatic hydroxyl groups is 1. The van der Waals surface area contributed by atoms with Crippen molar-refractivity contribution in [3.8, 4) is 0 Å². The second kappa shape index (κ2) is 6.83. The molecule has 1 aromatic rings. The Morgan fingerprint density at radius 3 is 2.16 bits per heavy atom. The van der Waals surface area contributed by atoms with Crippen molar-refractivity contribution in [1.82, 2.24) is 4.72 Å². The maximum atomic E-state index is 12.1. The summed E-state index contributed by atoms with van der Waals surface area (Å²) >= 11 is 3.31. The summed E-state index contributed by atoms with van der Waals surface area (Å²) in [4.78, 5) is 0.215. The zero-order valence-electron chi connectivity index (χ0n) is 11.2. The molecular formula is C13H20BrNO3S. The molecule has 0 amide bonds. The van der Waals surface area contributed by atoms with Crippen LogP contribution in [0.5, 0.6) is 0 Å². The molecule has 1 aromatic carbocycles. The van der Waals surface area contributed by atoms with E-state index in [-0.39, 0.29) is 11.4 Å². The van der Waals surface area contributed by atoms with Crippen LogP contribution in [0.4, 0.5) is 0 Å². The van der Waals surface area contributed by atoms with Gasteiger partial charge in [0.05, 0.1) is 10.5 Å². The van der Waals surface area contributed by atoms with Gasteiger partial charge in [0, 0.05) is 11.9 Å². The second-order valence-corrected chi connectivity index (χ2v) is 6.86. The number of rotatable bonds is 7. The predicted molar refractivity (Wildman–Crippen MR) is 79.8 cm³/mol. The molecule has 0 aliphatic heterocycles. The summed E-state index contributed by atoms with van der Waals surface area (Å²) in [5, 5.41) is 10.8. The number of halogens is 1. The first kappa shape index (κ1) is 16.6. The van der Waals surface area contributed by atoms with E-state index in [9.17, 15) is 13.5 Å². The van der Waals surface area contributed by atoms with Gasteiger partial charge in [-0.15, -0.1) is 0 Å². The van der Waals surface area contributed by atoms with E-state index in [1.165, 1.54) is 0 Å². The van der Waals surface area contributed by atoms with Gasteiger partial charge in [0.15, 0.2) is 0 Å². The monoisotopic (exact) mass is 349 g/mol. The van der Waals surface area contributed by atoms with Gasteiger partial charge in [0.2, 0.25) is 10.0 Å². The number of hydrogen-bond acceptors (Lipinski definition) is 3. The molecule has 0 radical (unpaired) electrons. The molecule has 108 valence electrons. The lowest BCUT2D eigenvalue weighted by Gasteiger charge is -2.25. The molecule has 4 nitrogen and oxygen atoms in total. The summed E-state index contributed by atoms with van der Waals surface area (Å²) in [6, 6.07) is 6.65. The van der Waals surface area contributed by atoms with Crippen molar-refractivity contribution in [2.45, 2.75) is 42.5 Å². The smallest absolute Gasteiger partial charge is 0.240 e. The highest BCUT2D eigenvalue weighted by Gasteiger charge is 2.25. The Balaban J connectivity index is 2.80. The van der Waals surface area contributed by atoms with Crippen molar-refractivity contribution in [2.75, 3.05) is 6.54 Å². The van der Waals surface area contributed by atoms with Gasteiger partial charge in [-0.05, 0) is 30.5 Å². The molecule has 0 bridgehead atoms. The van der Waals surface area contributed by atoms with Crippen LogP contribution in [0, 0.1) is 0 Å². The average Bonchev–Trinajstić information content (AvgIpc) is 2.45. The van der Waals surface area contributed by atoms with Crippen molar-refractivity contribution in [1.29, 1.82) is 0 Å². The molecule has 0 heterocycles. The minimum atomic E-state index is -3.56. The van der Waals surface area contributed by atoms with Gasteiger partial charge < -0.3 is 5.11 Å². The normalized spacial score (nSPS) is 12.6. The van der Waals surface area contributed by atoms with Crippen molar-refractivity contribution >= 4 is 26.0 Å². The molecule has 0 aliphatic carbocycles. The molecule has 0 atom stereocenters. The summed E-state index contributed by atoms with van der Waals surface area (Å²) in [5.41, 5.74) is 0.0284. The predicted octanol–water partition coefficient (Wildman–Crippen LogP) is 2.41. The first-order valence-electron chi connectivity index (χ1n) is 6.24. The first-order valence-corrected chi connectivity index (χ1v) is 8.84. The molecule has 0 aromatic heterocycles. The van der Waals surface area contributed by atoms with E-state index in [0.29, 0.717) is 18.2 Å². The van der Waals surface area contributed by atoms with Crippen LogP contribution in [-0.2, 0) is 15.4 Å². The highest BCUT2D eigenvalue weighted by molar-refractivity contribution is 9.08. The number of sulfonamides is 1. The van der Waals surface area contributed by atoms with Gasteiger partial charge in [0.25, 0.3) is 0 Å². The Morgan fingerprint density at radius 2 is 1.74 bits per heavy atom. The van der Waals surface area contributed by atoms with E-state index in [0.717, 1.165) is 5.56 Å². The largest absolute Gasteiger partial charge is 0.389 e. The van der Waals surface area contributed by atoms with Crippen LogP contribution < -0.4 is 4.72 Å². The third-order valence-electron chi connectivity index (χ3n) is 3.30. The van der Waals surface area contributed by atoms with Crippen molar-refractivity contribution in [2.24, 2.45) is 0 Å². The molecule has 0 fully saturated rings. The van der Waals surface area contributed by atoms with E-state index in [1.54, 1.807) is 24.3 Å². The van der Waals surface area contributed by atoms with Crippen LogP contribution in [0.25, 0.3) is 0 Å². The molecule has 0 aliphatic rings. The van der Waals surface area contributed by atoms with E-state index >= 15 is 0 Å².